The van der Waals surface area contributed by atoms with Crippen LogP contribution in [0.2, 0.25) is 0 Å². The van der Waals surface area contributed by atoms with Crippen molar-refractivity contribution in [2.75, 3.05) is 7.05 Å². The predicted molar refractivity (Wildman–Crippen MR) is 83.6 cm³/mol. The molecular weight excluding hydrogens is 237 g/mol. The zero-order valence-electron chi connectivity index (χ0n) is 13.3. The Hall–Kier alpha value is -1.31. The van der Waals surface area contributed by atoms with Gasteiger partial charge in [0, 0.05) is 13.2 Å². The second-order valence-corrected chi connectivity index (χ2v) is 5.50. The molecule has 1 unspecified atom stereocenters. The second-order valence-electron chi connectivity index (χ2n) is 5.50. The van der Waals surface area contributed by atoms with Gasteiger partial charge in [0.25, 0.3) is 0 Å². The summed E-state index contributed by atoms with van der Waals surface area (Å²) in [7, 11) is 1.70. The average Bonchev–Trinajstić information content (AvgIpc) is 2.35. The molecule has 0 N–H and O–H groups in total. The molecule has 0 aliphatic carbocycles. The molecule has 0 aromatic carbocycles. The minimum Gasteiger partial charge on any atom is -0.352 e. The topological polar surface area (TPSA) is 3.24 Å². The van der Waals surface area contributed by atoms with E-state index in [2.05, 4.69) is 40.0 Å². The Kier molecular flexibility index (Phi) is 6.82. The van der Waals surface area contributed by atoms with E-state index in [1.54, 1.807) is 13.2 Å². The predicted octanol–water partition coefficient (Wildman–Crippen LogP) is 5.24. The third kappa shape index (κ3) is 5.06. The van der Waals surface area contributed by atoms with E-state index in [1.807, 2.05) is 13.0 Å². The van der Waals surface area contributed by atoms with Crippen LogP contribution in [-0.4, -0.2) is 18.2 Å². The highest BCUT2D eigenvalue weighted by Crippen LogP contribution is 2.36. The molecule has 0 radical (unpaired) electrons. The van der Waals surface area contributed by atoms with Crippen molar-refractivity contribution < 1.29 is 4.39 Å². The first-order valence-corrected chi connectivity index (χ1v) is 6.76. The van der Waals surface area contributed by atoms with Crippen molar-refractivity contribution in [3.63, 3.8) is 0 Å². The normalized spacial score (nSPS) is 14.6. The van der Waals surface area contributed by atoms with Gasteiger partial charge in [0.05, 0.1) is 0 Å². The smallest absolute Gasteiger partial charge is 0.168 e. The molecular formula is C17H28FN. The fourth-order valence-corrected chi connectivity index (χ4v) is 1.76. The van der Waals surface area contributed by atoms with Crippen molar-refractivity contribution in [1.29, 1.82) is 0 Å². The van der Waals surface area contributed by atoms with E-state index in [-0.39, 0.29) is 5.41 Å². The summed E-state index contributed by atoms with van der Waals surface area (Å²) in [4.78, 5) is 1.50. The molecule has 0 saturated heterocycles. The van der Waals surface area contributed by atoms with Crippen LogP contribution in [0.4, 0.5) is 4.39 Å². The van der Waals surface area contributed by atoms with E-state index in [4.69, 9.17) is 0 Å². The van der Waals surface area contributed by atoms with Gasteiger partial charge in [0.1, 0.15) is 0 Å². The molecule has 0 fully saturated rings. The molecule has 19 heavy (non-hydrogen) atoms. The van der Waals surface area contributed by atoms with Crippen molar-refractivity contribution >= 4 is 0 Å². The molecule has 0 aromatic heterocycles. The molecule has 0 saturated carbocycles. The van der Waals surface area contributed by atoms with Gasteiger partial charge in [-0.05, 0) is 48.5 Å². The van der Waals surface area contributed by atoms with Gasteiger partial charge in [-0.25, -0.2) is 4.39 Å². The fourth-order valence-electron chi connectivity index (χ4n) is 1.76. The first kappa shape index (κ1) is 17.7. The van der Waals surface area contributed by atoms with E-state index in [9.17, 15) is 4.39 Å². The summed E-state index contributed by atoms with van der Waals surface area (Å²) in [5, 5.41) is 0. The number of allylic oxidation sites excluding steroid dienone is 5. The van der Waals surface area contributed by atoms with Crippen molar-refractivity contribution in [3.8, 4) is 0 Å². The minimum atomic E-state index is -1.01. The summed E-state index contributed by atoms with van der Waals surface area (Å²) in [5.41, 5.74) is 3.01. The van der Waals surface area contributed by atoms with Crippen molar-refractivity contribution in [2.45, 2.75) is 47.3 Å². The van der Waals surface area contributed by atoms with Crippen LogP contribution in [-0.2, 0) is 0 Å². The highest BCUT2D eigenvalue weighted by molar-refractivity contribution is 5.50. The highest BCUT2D eigenvalue weighted by Gasteiger charge is 2.22. The van der Waals surface area contributed by atoms with Crippen LogP contribution in [0, 0.1) is 5.41 Å². The summed E-state index contributed by atoms with van der Waals surface area (Å²) in [6.45, 7) is 18.2. The number of nitrogens with zero attached hydrogens (tertiary/aromatic N) is 1. The van der Waals surface area contributed by atoms with Crippen LogP contribution in [0.5, 0.6) is 0 Å². The maximum absolute atomic E-state index is 13.0. The fraction of sp³-hybridized carbons (Fsp3) is 0.529. The largest absolute Gasteiger partial charge is 0.352 e. The molecule has 2 heteroatoms. The van der Waals surface area contributed by atoms with Crippen molar-refractivity contribution in [3.05, 3.63) is 48.2 Å². The third-order valence-electron chi connectivity index (χ3n) is 3.69. The number of halogens is 1. The molecule has 108 valence electrons. The van der Waals surface area contributed by atoms with E-state index < -0.39 is 6.30 Å². The first-order valence-electron chi connectivity index (χ1n) is 6.76. The number of hydrogen-bond acceptors (Lipinski definition) is 1. The molecule has 0 aliphatic rings. The van der Waals surface area contributed by atoms with Crippen LogP contribution >= 0.6 is 0 Å². The third-order valence-corrected chi connectivity index (χ3v) is 3.69. The minimum absolute atomic E-state index is 0.0713. The molecule has 0 rings (SSSR count). The Morgan fingerprint density at radius 1 is 1.37 bits per heavy atom. The molecule has 1 nitrogen and oxygen atoms in total. The molecule has 0 aromatic rings. The Morgan fingerprint density at radius 3 is 2.26 bits per heavy atom. The van der Waals surface area contributed by atoms with Crippen LogP contribution in [0.25, 0.3) is 0 Å². The molecule has 0 spiro atoms. The molecule has 0 amide bonds. The van der Waals surface area contributed by atoms with Gasteiger partial charge in [-0.1, -0.05) is 40.0 Å². The Bertz CT molecular complexity index is 386. The Labute approximate surface area is 118 Å². The van der Waals surface area contributed by atoms with Gasteiger partial charge < -0.3 is 4.90 Å². The molecule has 0 heterocycles. The molecule has 1 atom stereocenters. The van der Waals surface area contributed by atoms with Crippen LogP contribution in [0.3, 0.4) is 0 Å². The maximum atomic E-state index is 13.0. The van der Waals surface area contributed by atoms with Crippen LogP contribution < -0.4 is 0 Å². The van der Waals surface area contributed by atoms with Gasteiger partial charge in [-0.3, -0.25) is 0 Å². The summed E-state index contributed by atoms with van der Waals surface area (Å²) in [6, 6.07) is 0. The average molecular weight is 265 g/mol. The van der Waals surface area contributed by atoms with Crippen LogP contribution in [0.1, 0.15) is 41.0 Å². The van der Waals surface area contributed by atoms with Crippen molar-refractivity contribution in [2.24, 2.45) is 5.41 Å². The lowest BCUT2D eigenvalue weighted by Crippen LogP contribution is -2.18. The maximum Gasteiger partial charge on any atom is 0.168 e. The monoisotopic (exact) mass is 265 g/mol. The zero-order valence-corrected chi connectivity index (χ0v) is 13.3. The van der Waals surface area contributed by atoms with Gasteiger partial charge >= 0.3 is 0 Å². The van der Waals surface area contributed by atoms with E-state index >= 15 is 0 Å². The van der Waals surface area contributed by atoms with Gasteiger partial charge in [0.2, 0.25) is 0 Å². The Morgan fingerprint density at radius 2 is 1.89 bits per heavy atom. The van der Waals surface area contributed by atoms with Crippen LogP contribution in [0.15, 0.2) is 48.2 Å². The van der Waals surface area contributed by atoms with E-state index in [0.29, 0.717) is 0 Å². The highest BCUT2D eigenvalue weighted by atomic mass is 19.1. The molecule has 0 bridgehead atoms. The number of hydrogen-bond donors (Lipinski definition) is 0. The lowest BCUT2D eigenvalue weighted by molar-refractivity contribution is 0.180. The van der Waals surface area contributed by atoms with Gasteiger partial charge in [0.15, 0.2) is 6.30 Å². The zero-order chi connectivity index (χ0) is 15.2. The SMILES string of the molecule is C=C(/C=C\N(C)C(C)F)C(=C)/C(=C\C)C(C)(C)CC. The van der Waals surface area contributed by atoms with Crippen molar-refractivity contribution in [1.82, 2.24) is 4.90 Å². The van der Waals surface area contributed by atoms with Gasteiger partial charge in [-0.2, -0.15) is 0 Å². The lowest BCUT2D eigenvalue weighted by Gasteiger charge is -2.28. The second kappa shape index (κ2) is 7.32. The standard InChI is InChI=1S/C17H28FN/c1-9-16(17(6,7)10-2)14(4)13(3)11-12-19(8)15(5)18/h9,11-12,15H,3-4,10H2,1-2,5-8H3/b12-11-,16-9+. The van der Waals surface area contributed by atoms with Gasteiger partial charge in [-0.15, -0.1) is 0 Å². The summed E-state index contributed by atoms with van der Waals surface area (Å²) in [5.74, 6) is 0. The summed E-state index contributed by atoms with van der Waals surface area (Å²) in [6.07, 6.45) is 5.62. The number of alkyl halides is 1. The molecule has 0 aliphatic heterocycles. The lowest BCUT2D eigenvalue weighted by atomic mass is 9.76. The quantitative estimate of drug-likeness (QED) is 0.449. The number of rotatable bonds is 7. The Balaban J connectivity index is 4.98. The summed E-state index contributed by atoms with van der Waals surface area (Å²) >= 11 is 0. The van der Waals surface area contributed by atoms with E-state index in [1.165, 1.54) is 17.4 Å². The summed E-state index contributed by atoms with van der Waals surface area (Å²) < 4.78 is 13.0. The van der Waals surface area contributed by atoms with E-state index in [0.717, 1.165) is 17.6 Å². The first-order chi connectivity index (χ1) is 8.67.